The molecule has 7 heteroatoms. The summed E-state index contributed by atoms with van der Waals surface area (Å²) in [6.45, 7) is 4.14. The number of imidazole rings is 2. The third-order valence-corrected chi connectivity index (χ3v) is 5.05. The van der Waals surface area contributed by atoms with Gasteiger partial charge in [-0.25, -0.2) is 9.97 Å². The van der Waals surface area contributed by atoms with E-state index >= 15 is 0 Å². The summed E-state index contributed by atoms with van der Waals surface area (Å²) in [5.74, 6) is 1.52. The van der Waals surface area contributed by atoms with Gasteiger partial charge in [0.2, 0.25) is 0 Å². The maximum absolute atomic E-state index is 10.1. The van der Waals surface area contributed by atoms with Crippen molar-refractivity contribution >= 4 is 22.1 Å². The molecule has 4 aromatic rings. The zero-order valence-corrected chi connectivity index (χ0v) is 16.5. The van der Waals surface area contributed by atoms with Crippen LogP contribution in [0.2, 0.25) is 0 Å². The highest BCUT2D eigenvalue weighted by Crippen LogP contribution is 2.20. The molecule has 0 amide bonds. The molecule has 0 aliphatic rings. The van der Waals surface area contributed by atoms with Gasteiger partial charge < -0.3 is 24.1 Å². The van der Waals surface area contributed by atoms with Crippen LogP contribution in [0.4, 0.5) is 0 Å². The van der Waals surface area contributed by atoms with E-state index in [0.717, 1.165) is 27.9 Å². The second-order valence-electron chi connectivity index (χ2n) is 7.04. The minimum absolute atomic E-state index is 0.0694. The molecule has 0 saturated heterocycles. The molecule has 152 valence electrons. The fraction of sp³-hybridized carbons (Fsp3) is 0.364. The molecule has 0 spiro atoms. The lowest BCUT2D eigenvalue weighted by atomic mass is 10.3. The Morgan fingerprint density at radius 1 is 0.897 bits per heavy atom. The Morgan fingerprint density at radius 2 is 1.48 bits per heavy atom. The molecule has 0 radical (unpaired) electrons. The standard InChI is InChI=1S/C22H26N4O3/c1-16(28)22-24-18-7-3-5-9-20(18)26(22)12-15-29-14-11-25-19-8-4-2-6-17(19)23-21(25)10-13-27/h2-9,16,27-28H,10-15H2,1H3. The van der Waals surface area contributed by atoms with Crippen molar-refractivity contribution in [1.29, 1.82) is 0 Å². The van der Waals surface area contributed by atoms with E-state index in [2.05, 4.69) is 14.5 Å². The van der Waals surface area contributed by atoms with Crippen LogP contribution in [0.5, 0.6) is 0 Å². The SMILES string of the molecule is CC(O)c1nc2ccccc2n1CCOCCn1c(CCO)nc2ccccc21. The molecule has 1 atom stereocenters. The number of ether oxygens (including phenoxy) is 1. The maximum Gasteiger partial charge on any atom is 0.138 e. The van der Waals surface area contributed by atoms with Gasteiger partial charge in [0.1, 0.15) is 17.8 Å². The molecule has 2 aromatic carbocycles. The zero-order chi connectivity index (χ0) is 20.2. The first kappa shape index (κ1) is 19.6. The van der Waals surface area contributed by atoms with Gasteiger partial charge in [0.15, 0.2) is 0 Å². The van der Waals surface area contributed by atoms with Crippen LogP contribution in [0.15, 0.2) is 48.5 Å². The topological polar surface area (TPSA) is 85.3 Å². The highest BCUT2D eigenvalue weighted by atomic mass is 16.5. The van der Waals surface area contributed by atoms with Crippen LogP contribution >= 0.6 is 0 Å². The minimum atomic E-state index is -0.638. The summed E-state index contributed by atoms with van der Waals surface area (Å²) >= 11 is 0. The number of hydrogen-bond acceptors (Lipinski definition) is 5. The second-order valence-corrected chi connectivity index (χ2v) is 7.04. The van der Waals surface area contributed by atoms with Crippen LogP contribution < -0.4 is 0 Å². The van der Waals surface area contributed by atoms with Gasteiger partial charge in [-0.05, 0) is 31.2 Å². The molecular formula is C22H26N4O3. The van der Waals surface area contributed by atoms with Crippen molar-refractivity contribution in [1.82, 2.24) is 19.1 Å². The number of aliphatic hydroxyl groups excluding tert-OH is 2. The number of aromatic nitrogens is 4. The Morgan fingerprint density at radius 3 is 2.14 bits per heavy atom. The third kappa shape index (κ3) is 4.03. The summed E-state index contributed by atoms with van der Waals surface area (Å²) in [6, 6.07) is 15.9. The number of hydrogen-bond donors (Lipinski definition) is 2. The van der Waals surface area contributed by atoms with Crippen molar-refractivity contribution in [3.8, 4) is 0 Å². The van der Waals surface area contributed by atoms with Crippen molar-refractivity contribution in [3.05, 3.63) is 60.2 Å². The van der Waals surface area contributed by atoms with Gasteiger partial charge in [-0.15, -0.1) is 0 Å². The Kier molecular flexibility index (Phi) is 5.89. The van der Waals surface area contributed by atoms with E-state index < -0.39 is 6.10 Å². The quantitative estimate of drug-likeness (QED) is 0.426. The van der Waals surface area contributed by atoms with E-state index in [9.17, 15) is 10.2 Å². The first-order valence-electron chi connectivity index (χ1n) is 9.95. The molecule has 7 nitrogen and oxygen atoms in total. The number of nitrogens with zero attached hydrogens (tertiary/aromatic N) is 4. The van der Waals surface area contributed by atoms with Gasteiger partial charge in [-0.3, -0.25) is 0 Å². The van der Waals surface area contributed by atoms with Crippen molar-refractivity contribution in [2.75, 3.05) is 19.8 Å². The molecule has 0 fully saturated rings. The Bertz CT molecular complexity index is 1100. The Hall–Kier alpha value is -2.74. The molecule has 2 aromatic heterocycles. The maximum atomic E-state index is 10.1. The van der Waals surface area contributed by atoms with Crippen molar-refractivity contribution < 1.29 is 14.9 Å². The van der Waals surface area contributed by atoms with Gasteiger partial charge in [-0.2, -0.15) is 0 Å². The van der Waals surface area contributed by atoms with E-state index in [0.29, 0.717) is 38.5 Å². The molecule has 0 saturated carbocycles. The lowest BCUT2D eigenvalue weighted by Gasteiger charge is -2.12. The van der Waals surface area contributed by atoms with Crippen LogP contribution in [0.1, 0.15) is 24.7 Å². The number of rotatable bonds is 9. The van der Waals surface area contributed by atoms with Crippen LogP contribution in [0.25, 0.3) is 22.1 Å². The highest BCUT2D eigenvalue weighted by molar-refractivity contribution is 5.76. The van der Waals surface area contributed by atoms with Gasteiger partial charge in [-0.1, -0.05) is 24.3 Å². The molecule has 1 unspecified atom stereocenters. The Balaban J connectivity index is 1.41. The monoisotopic (exact) mass is 394 g/mol. The molecule has 2 N–H and O–H groups in total. The summed E-state index contributed by atoms with van der Waals surface area (Å²) in [6.07, 6.45) is -0.117. The lowest BCUT2D eigenvalue weighted by molar-refractivity contribution is 0.115. The summed E-state index contributed by atoms with van der Waals surface area (Å²) in [5.41, 5.74) is 3.86. The largest absolute Gasteiger partial charge is 0.396 e. The van der Waals surface area contributed by atoms with Gasteiger partial charge in [0.25, 0.3) is 0 Å². The highest BCUT2D eigenvalue weighted by Gasteiger charge is 2.14. The van der Waals surface area contributed by atoms with Gasteiger partial charge >= 0.3 is 0 Å². The number of aliphatic hydroxyl groups is 2. The predicted molar refractivity (Wildman–Crippen MR) is 112 cm³/mol. The fourth-order valence-corrected chi connectivity index (χ4v) is 3.73. The summed E-state index contributed by atoms with van der Waals surface area (Å²) in [5, 5.41) is 19.4. The minimum Gasteiger partial charge on any atom is -0.396 e. The van der Waals surface area contributed by atoms with Gasteiger partial charge in [0, 0.05) is 19.5 Å². The number of fused-ring (bicyclic) bond motifs is 2. The average Bonchev–Trinajstić information content (AvgIpc) is 3.27. The van der Waals surface area contributed by atoms with E-state index in [1.165, 1.54) is 0 Å². The predicted octanol–water partition coefficient (Wildman–Crippen LogP) is 2.69. The van der Waals surface area contributed by atoms with E-state index in [1.54, 1.807) is 6.92 Å². The normalized spacial score (nSPS) is 12.8. The molecule has 0 bridgehead atoms. The molecular weight excluding hydrogens is 368 g/mol. The number of benzene rings is 2. The van der Waals surface area contributed by atoms with Crippen LogP contribution in [0, 0.1) is 0 Å². The van der Waals surface area contributed by atoms with E-state index in [-0.39, 0.29) is 6.61 Å². The summed E-state index contributed by atoms with van der Waals surface area (Å²) in [4.78, 5) is 9.15. The number of para-hydroxylation sites is 4. The van der Waals surface area contributed by atoms with Crippen LogP contribution in [-0.4, -0.2) is 49.1 Å². The lowest BCUT2D eigenvalue weighted by Crippen LogP contribution is -2.15. The third-order valence-electron chi connectivity index (χ3n) is 5.05. The molecule has 0 aliphatic heterocycles. The van der Waals surface area contributed by atoms with E-state index in [1.807, 2.05) is 53.1 Å². The first-order valence-corrected chi connectivity index (χ1v) is 9.95. The Labute approximate surface area is 169 Å². The summed E-state index contributed by atoms with van der Waals surface area (Å²) < 4.78 is 10.0. The van der Waals surface area contributed by atoms with Crippen LogP contribution in [0.3, 0.4) is 0 Å². The van der Waals surface area contributed by atoms with E-state index in [4.69, 9.17) is 4.74 Å². The molecule has 0 aliphatic carbocycles. The second kappa shape index (κ2) is 8.73. The van der Waals surface area contributed by atoms with Crippen molar-refractivity contribution in [2.24, 2.45) is 0 Å². The molecule has 29 heavy (non-hydrogen) atoms. The van der Waals surface area contributed by atoms with Crippen LogP contribution in [-0.2, 0) is 24.2 Å². The average molecular weight is 394 g/mol. The zero-order valence-electron chi connectivity index (χ0n) is 16.5. The smallest absolute Gasteiger partial charge is 0.138 e. The van der Waals surface area contributed by atoms with Crippen molar-refractivity contribution in [3.63, 3.8) is 0 Å². The first-order chi connectivity index (χ1) is 14.2. The van der Waals surface area contributed by atoms with Crippen molar-refractivity contribution in [2.45, 2.75) is 32.5 Å². The molecule has 2 heterocycles. The molecule has 4 rings (SSSR count). The summed E-state index contributed by atoms with van der Waals surface area (Å²) in [7, 11) is 0. The van der Waals surface area contributed by atoms with Gasteiger partial charge in [0.05, 0.1) is 41.9 Å². The fourth-order valence-electron chi connectivity index (χ4n) is 3.73.